The van der Waals surface area contributed by atoms with Gasteiger partial charge in [-0.15, -0.1) is 12.4 Å². The van der Waals surface area contributed by atoms with Gasteiger partial charge in [0.25, 0.3) is 0 Å². The molecule has 6 heteroatoms. The summed E-state index contributed by atoms with van der Waals surface area (Å²) in [5.41, 5.74) is 0.629. The summed E-state index contributed by atoms with van der Waals surface area (Å²) in [6.45, 7) is 11.1. The van der Waals surface area contributed by atoms with Gasteiger partial charge in [0.2, 0.25) is 5.91 Å². The third kappa shape index (κ3) is 7.22. The van der Waals surface area contributed by atoms with Gasteiger partial charge in [-0.05, 0) is 37.5 Å². The first-order chi connectivity index (χ1) is 11.4. The van der Waals surface area contributed by atoms with Crippen LogP contribution in [0.4, 0.5) is 0 Å². The number of carbonyl (C=O) groups excluding carboxylic acids is 1. The smallest absolute Gasteiger partial charge is 0.222 e. The van der Waals surface area contributed by atoms with Gasteiger partial charge in [0.1, 0.15) is 5.75 Å². The summed E-state index contributed by atoms with van der Waals surface area (Å²) < 4.78 is 11.1. The Morgan fingerprint density at radius 3 is 2.60 bits per heavy atom. The molecule has 0 aliphatic carbocycles. The standard InChI is InChI=1S/C19H30N2O3.ClH/c1-14(2)12-24-17-7-5-15(6-8-17)19(3,4)21-18(22)11-16-13-23-10-9-20-16;/h5-8,14,16,20H,9-13H2,1-4H3,(H,21,22);1H. The van der Waals surface area contributed by atoms with E-state index in [0.29, 0.717) is 25.6 Å². The number of rotatable bonds is 7. The molecule has 1 aliphatic heterocycles. The maximum absolute atomic E-state index is 12.3. The van der Waals surface area contributed by atoms with Crippen LogP contribution in [0.2, 0.25) is 0 Å². The lowest BCUT2D eigenvalue weighted by molar-refractivity contribution is -0.124. The van der Waals surface area contributed by atoms with Gasteiger partial charge in [-0.3, -0.25) is 4.79 Å². The molecule has 0 bridgehead atoms. The van der Waals surface area contributed by atoms with E-state index in [1.807, 2.05) is 38.1 Å². The monoisotopic (exact) mass is 370 g/mol. The Hall–Kier alpha value is -1.30. The van der Waals surface area contributed by atoms with Gasteiger partial charge in [-0.2, -0.15) is 0 Å². The molecule has 1 unspecified atom stereocenters. The van der Waals surface area contributed by atoms with Crippen molar-refractivity contribution >= 4 is 18.3 Å². The second-order valence-electron chi connectivity index (χ2n) is 7.33. The number of nitrogens with one attached hydrogen (secondary N) is 2. The summed E-state index contributed by atoms with van der Waals surface area (Å²) in [6.07, 6.45) is 0.430. The minimum atomic E-state index is -0.427. The van der Waals surface area contributed by atoms with Gasteiger partial charge in [0.15, 0.2) is 0 Å². The lowest BCUT2D eigenvalue weighted by Gasteiger charge is -2.29. The van der Waals surface area contributed by atoms with E-state index in [4.69, 9.17) is 9.47 Å². The highest BCUT2D eigenvalue weighted by molar-refractivity contribution is 5.85. The molecule has 142 valence electrons. The maximum Gasteiger partial charge on any atom is 0.222 e. The van der Waals surface area contributed by atoms with Gasteiger partial charge < -0.3 is 20.1 Å². The van der Waals surface area contributed by atoms with Crippen molar-refractivity contribution in [2.24, 2.45) is 5.92 Å². The number of benzene rings is 1. The average Bonchev–Trinajstić information content (AvgIpc) is 2.53. The first-order valence-electron chi connectivity index (χ1n) is 8.72. The fourth-order valence-electron chi connectivity index (χ4n) is 2.68. The number of halogens is 1. The number of carbonyl (C=O) groups is 1. The van der Waals surface area contributed by atoms with Crippen molar-refractivity contribution in [3.8, 4) is 5.75 Å². The second-order valence-corrected chi connectivity index (χ2v) is 7.33. The molecular formula is C19H31ClN2O3. The Labute approximate surface area is 157 Å². The largest absolute Gasteiger partial charge is 0.493 e. The van der Waals surface area contributed by atoms with Crippen LogP contribution < -0.4 is 15.4 Å². The quantitative estimate of drug-likeness (QED) is 0.774. The molecular weight excluding hydrogens is 340 g/mol. The SMILES string of the molecule is CC(C)COc1ccc(C(C)(C)NC(=O)CC2COCCN2)cc1.Cl. The Morgan fingerprint density at radius 1 is 1.36 bits per heavy atom. The van der Waals surface area contributed by atoms with Crippen LogP contribution in [0.15, 0.2) is 24.3 Å². The zero-order valence-corrected chi connectivity index (χ0v) is 16.4. The van der Waals surface area contributed by atoms with Gasteiger partial charge in [-0.1, -0.05) is 26.0 Å². The zero-order chi connectivity index (χ0) is 17.6. The van der Waals surface area contributed by atoms with Crippen molar-refractivity contribution < 1.29 is 14.3 Å². The molecule has 2 rings (SSSR count). The van der Waals surface area contributed by atoms with E-state index in [-0.39, 0.29) is 24.4 Å². The van der Waals surface area contributed by atoms with Crippen LogP contribution in [0.3, 0.4) is 0 Å². The normalized spacial score (nSPS) is 17.7. The molecule has 2 N–H and O–H groups in total. The average molecular weight is 371 g/mol. The highest BCUT2D eigenvalue weighted by Crippen LogP contribution is 2.23. The van der Waals surface area contributed by atoms with Crippen molar-refractivity contribution in [1.29, 1.82) is 0 Å². The summed E-state index contributed by atoms with van der Waals surface area (Å²) in [7, 11) is 0. The fourth-order valence-corrected chi connectivity index (χ4v) is 2.68. The molecule has 25 heavy (non-hydrogen) atoms. The van der Waals surface area contributed by atoms with Crippen LogP contribution in [0.25, 0.3) is 0 Å². The van der Waals surface area contributed by atoms with Gasteiger partial charge in [0, 0.05) is 19.0 Å². The third-order valence-corrected chi connectivity index (χ3v) is 4.04. The molecule has 1 atom stereocenters. The molecule has 1 fully saturated rings. The third-order valence-electron chi connectivity index (χ3n) is 4.04. The Bertz CT molecular complexity index is 526. The van der Waals surface area contributed by atoms with E-state index >= 15 is 0 Å². The Balaban J connectivity index is 0.00000312. The van der Waals surface area contributed by atoms with E-state index in [1.54, 1.807) is 0 Å². The first kappa shape index (κ1) is 21.7. The van der Waals surface area contributed by atoms with E-state index < -0.39 is 5.54 Å². The number of hydrogen-bond acceptors (Lipinski definition) is 4. The molecule has 0 radical (unpaired) electrons. The van der Waals surface area contributed by atoms with E-state index in [0.717, 1.165) is 24.5 Å². The van der Waals surface area contributed by atoms with Crippen LogP contribution >= 0.6 is 12.4 Å². The number of ether oxygens (including phenoxy) is 2. The van der Waals surface area contributed by atoms with Gasteiger partial charge in [-0.25, -0.2) is 0 Å². The van der Waals surface area contributed by atoms with Crippen molar-refractivity contribution in [3.63, 3.8) is 0 Å². The molecule has 1 aromatic carbocycles. The molecule has 0 aromatic heterocycles. The molecule has 0 spiro atoms. The molecule has 1 heterocycles. The number of amides is 1. The summed E-state index contributed by atoms with van der Waals surface area (Å²) in [6, 6.07) is 8.04. The molecule has 1 aromatic rings. The summed E-state index contributed by atoms with van der Waals surface area (Å²) in [5.74, 6) is 1.39. The zero-order valence-electron chi connectivity index (χ0n) is 15.6. The molecule has 1 aliphatic rings. The predicted molar refractivity (Wildman–Crippen MR) is 102 cm³/mol. The van der Waals surface area contributed by atoms with Crippen molar-refractivity contribution in [1.82, 2.24) is 10.6 Å². The minimum Gasteiger partial charge on any atom is -0.493 e. The first-order valence-corrected chi connectivity index (χ1v) is 8.72. The topological polar surface area (TPSA) is 59.6 Å². The van der Waals surface area contributed by atoms with Crippen molar-refractivity contribution in [2.75, 3.05) is 26.4 Å². The molecule has 0 saturated carbocycles. The highest BCUT2D eigenvalue weighted by Gasteiger charge is 2.25. The maximum atomic E-state index is 12.3. The lowest BCUT2D eigenvalue weighted by atomic mass is 9.93. The van der Waals surface area contributed by atoms with Crippen LogP contribution in [0.1, 0.15) is 39.7 Å². The van der Waals surface area contributed by atoms with E-state index in [2.05, 4.69) is 24.5 Å². The fraction of sp³-hybridized carbons (Fsp3) is 0.632. The Kier molecular flexibility index (Phi) is 8.69. The summed E-state index contributed by atoms with van der Waals surface area (Å²) in [4.78, 5) is 12.3. The molecule has 5 nitrogen and oxygen atoms in total. The van der Waals surface area contributed by atoms with Crippen LogP contribution in [-0.4, -0.2) is 38.3 Å². The lowest BCUT2D eigenvalue weighted by Crippen LogP contribution is -2.47. The van der Waals surface area contributed by atoms with Gasteiger partial charge >= 0.3 is 0 Å². The van der Waals surface area contributed by atoms with E-state index in [9.17, 15) is 4.79 Å². The molecule has 1 amide bonds. The van der Waals surface area contributed by atoms with E-state index in [1.165, 1.54) is 0 Å². The van der Waals surface area contributed by atoms with Gasteiger partial charge in [0.05, 0.1) is 25.4 Å². The van der Waals surface area contributed by atoms with Crippen LogP contribution in [-0.2, 0) is 15.1 Å². The number of morpholine rings is 1. The number of hydrogen-bond donors (Lipinski definition) is 2. The molecule has 1 saturated heterocycles. The summed E-state index contributed by atoms with van der Waals surface area (Å²) >= 11 is 0. The van der Waals surface area contributed by atoms with Crippen molar-refractivity contribution in [3.05, 3.63) is 29.8 Å². The van der Waals surface area contributed by atoms with Crippen molar-refractivity contribution in [2.45, 2.75) is 45.7 Å². The summed E-state index contributed by atoms with van der Waals surface area (Å²) in [5, 5.41) is 6.42. The van der Waals surface area contributed by atoms with Crippen LogP contribution in [0.5, 0.6) is 5.75 Å². The highest BCUT2D eigenvalue weighted by atomic mass is 35.5. The Morgan fingerprint density at radius 2 is 2.04 bits per heavy atom. The predicted octanol–water partition coefficient (Wildman–Crippen LogP) is 2.87. The van der Waals surface area contributed by atoms with Crippen LogP contribution in [0, 0.1) is 5.92 Å². The minimum absolute atomic E-state index is 0. The second kappa shape index (κ2) is 10.00.